The molecule has 0 saturated carbocycles. The third-order valence-corrected chi connectivity index (χ3v) is 3.37. The third-order valence-electron chi connectivity index (χ3n) is 2.50. The summed E-state index contributed by atoms with van der Waals surface area (Å²) in [5, 5.41) is 11.1. The van der Waals surface area contributed by atoms with Crippen molar-refractivity contribution in [1.82, 2.24) is 16.0 Å². The Morgan fingerprint density at radius 3 is 2.70 bits per heavy atom. The molecule has 20 heavy (non-hydrogen) atoms. The van der Waals surface area contributed by atoms with Crippen LogP contribution in [0.1, 0.15) is 16.1 Å². The molecule has 0 fully saturated rings. The molecule has 1 aromatic rings. The lowest BCUT2D eigenvalue weighted by atomic mass is 10.4. The SMILES string of the molecule is CN=C(NCCCNC(=O)c1cccs1)NCCOC. The first-order chi connectivity index (χ1) is 9.77. The molecule has 7 heteroatoms. The van der Waals surface area contributed by atoms with Gasteiger partial charge in [0, 0.05) is 33.8 Å². The molecule has 0 aliphatic carbocycles. The molecule has 0 aliphatic heterocycles. The van der Waals surface area contributed by atoms with Crippen molar-refractivity contribution in [3.8, 4) is 0 Å². The largest absolute Gasteiger partial charge is 0.383 e. The Morgan fingerprint density at radius 1 is 1.30 bits per heavy atom. The normalized spacial score (nSPS) is 11.2. The predicted molar refractivity (Wildman–Crippen MR) is 82.5 cm³/mol. The van der Waals surface area contributed by atoms with Crippen molar-refractivity contribution in [3.63, 3.8) is 0 Å². The number of nitrogens with zero attached hydrogens (tertiary/aromatic N) is 1. The Hall–Kier alpha value is -1.60. The maximum absolute atomic E-state index is 11.7. The van der Waals surface area contributed by atoms with Gasteiger partial charge in [-0.1, -0.05) is 6.07 Å². The fourth-order valence-corrected chi connectivity index (χ4v) is 2.12. The Balaban J connectivity index is 2.07. The van der Waals surface area contributed by atoms with Crippen molar-refractivity contribution in [3.05, 3.63) is 22.4 Å². The van der Waals surface area contributed by atoms with Gasteiger partial charge >= 0.3 is 0 Å². The standard InChI is InChI=1S/C13H22N4O2S/c1-14-13(17-8-9-19-2)16-7-4-6-15-12(18)11-5-3-10-20-11/h3,5,10H,4,6-9H2,1-2H3,(H,15,18)(H2,14,16,17). The van der Waals surface area contributed by atoms with Gasteiger partial charge in [-0.2, -0.15) is 0 Å². The van der Waals surface area contributed by atoms with Crippen molar-refractivity contribution >= 4 is 23.2 Å². The summed E-state index contributed by atoms with van der Waals surface area (Å²) >= 11 is 1.45. The van der Waals surface area contributed by atoms with Gasteiger partial charge in [0.15, 0.2) is 5.96 Å². The lowest BCUT2D eigenvalue weighted by Gasteiger charge is -2.11. The highest BCUT2D eigenvalue weighted by Crippen LogP contribution is 2.07. The van der Waals surface area contributed by atoms with E-state index in [1.807, 2.05) is 17.5 Å². The molecule has 0 aliphatic rings. The van der Waals surface area contributed by atoms with E-state index in [1.54, 1.807) is 14.2 Å². The topological polar surface area (TPSA) is 74.8 Å². The van der Waals surface area contributed by atoms with Gasteiger partial charge in [-0.3, -0.25) is 9.79 Å². The number of rotatable bonds is 8. The molecule has 0 spiro atoms. The maximum Gasteiger partial charge on any atom is 0.261 e. The first-order valence-electron chi connectivity index (χ1n) is 6.53. The van der Waals surface area contributed by atoms with Crippen LogP contribution in [0.5, 0.6) is 0 Å². The van der Waals surface area contributed by atoms with Gasteiger partial charge in [-0.15, -0.1) is 11.3 Å². The molecule has 6 nitrogen and oxygen atoms in total. The zero-order valence-corrected chi connectivity index (χ0v) is 12.8. The molecule has 1 heterocycles. The minimum atomic E-state index is -0.0115. The van der Waals surface area contributed by atoms with Crippen molar-refractivity contribution in [2.24, 2.45) is 4.99 Å². The van der Waals surface area contributed by atoms with Crippen molar-refractivity contribution in [2.45, 2.75) is 6.42 Å². The zero-order chi connectivity index (χ0) is 14.6. The molecule has 0 atom stereocenters. The maximum atomic E-state index is 11.7. The van der Waals surface area contributed by atoms with E-state index in [4.69, 9.17) is 4.74 Å². The predicted octanol–water partition coefficient (Wildman–Crippen LogP) is 0.679. The van der Waals surface area contributed by atoms with Crippen LogP contribution in [0.4, 0.5) is 0 Å². The summed E-state index contributed by atoms with van der Waals surface area (Å²) < 4.78 is 4.95. The second-order valence-electron chi connectivity index (χ2n) is 4.01. The van der Waals surface area contributed by atoms with Gasteiger partial charge in [0.2, 0.25) is 0 Å². The Morgan fingerprint density at radius 2 is 2.05 bits per heavy atom. The van der Waals surface area contributed by atoms with E-state index >= 15 is 0 Å². The Labute approximate surface area is 123 Å². The molecule has 0 bridgehead atoms. The molecule has 112 valence electrons. The first kappa shape index (κ1) is 16.5. The van der Waals surface area contributed by atoms with Crippen LogP contribution in [0.2, 0.25) is 0 Å². The van der Waals surface area contributed by atoms with Crippen LogP contribution in [-0.4, -0.2) is 52.3 Å². The number of ether oxygens (including phenoxy) is 1. The second kappa shape index (κ2) is 10.2. The van der Waals surface area contributed by atoms with E-state index in [2.05, 4.69) is 20.9 Å². The van der Waals surface area contributed by atoms with Gasteiger partial charge in [-0.05, 0) is 17.9 Å². The summed E-state index contributed by atoms with van der Waals surface area (Å²) in [7, 11) is 3.38. The molecular formula is C13H22N4O2S. The van der Waals surface area contributed by atoms with Crippen LogP contribution in [0, 0.1) is 0 Å². The van der Waals surface area contributed by atoms with E-state index in [0.717, 1.165) is 23.8 Å². The number of hydrogen-bond acceptors (Lipinski definition) is 4. The van der Waals surface area contributed by atoms with E-state index in [0.29, 0.717) is 19.7 Å². The highest BCUT2D eigenvalue weighted by atomic mass is 32.1. The van der Waals surface area contributed by atoms with Gasteiger partial charge in [-0.25, -0.2) is 0 Å². The van der Waals surface area contributed by atoms with Crippen LogP contribution < -0.4 is 16.0 Å². The molecule has 3 N–H and O–H groups in total. The summed E-state index contributed by atoms with van der Waals surface area (Å²) in [6.07, 6.45) is 0.835. The molecule has 1 rings (SSSR count). The number of carbonyl (C=O) groups is 1. The van der Waals surface area contributed by atoms with Crippen LogP contribution in [0.15, 0.2) is 22.5 Å². The van der Waals surface area contributed by atoms with Gasteiger partial charge in [0.25, 0.3) is 5.91 Å². The fourth-order valence-electron chi connectivity index (χ4n) is 1.48. The van der Waals surface area contributed by atoms with Crippen LogP contribution in [0.3, 0.4) is 0 Å². The molecule has 0 radical (unpaired) electrons. The quantitative estimate of drug-likeness (QED) is 0.375. The minimum absolute atomic E-state index is 0.0115. The lowest BCUT2D eigenvalue weighted by Crippen LogP contribution is -2.40. The number of thiophene rings is 1. The monoisotopic (exact) mass is 298 g/mol. The average Bonchev–Trinajstić information content (AvgIpc) is 2.99. The summed E-state index contributed by atoms with van der Waals surface area (Å²) in [5.41, 5.74) is 0. The van der Waals surface area contributed by atoms with E-state index in [-0.39, 0.29) is 5.91 Å². The Kier molecular flexibility index (Phi) is 8.41. The second-order valence-corrected chi connectivity index (χ2v) is 4.95. The average molecular weight is 298 g/mol. The summed E-state index contributed by atoms with van der Waals surface area (Å²) in [6.45, 7) is 2.74. The third kappa shape index (κ3) is 6.53. The number of hydrogen-bond donors (Lipinski definition) is 3. The van der Waals surface area contributed by atoms with E-state index in [1.165, 1.54) is 11.3 Å². The minimum Gasteiger partial charge on any atom is -0.383 e. The number of amides is 1. The van der Waals surface area contributed by atoms with Crippen molar-refractivity contribution in [1.29, 1.82) is 0 Å². The number of aliphatic imine (C=N–C) groups is 1. The number of nitrogens with one attached hydrogen (secondary N) is 3. The van der Waals surface area contributed by atoms with Crippen LogP contribution >= 0.6 is 11.3 Å². The summed E-state index contributed by atoms with van der Waals surface area (Å²) in [4.78, 5) is 16.5. The van der Waals surface area contributed by atoms with E-state index in [9.17, 15) is 4.79 Å². The van der Waals surface area contributed by atoms with Crippen molar-refractivity contribution in [2.75, 3.05) is 40.4 Å². The lowest BCUT2D eigenvalue weighted by molar-refractivity contribution is 0.0957. The fraction of sp³-hybridized carbons (Fsp3) is 0.538. The number of guanidine groups is 1. The van der Waals surface area contributed by atoms with Crippen molar-refractivity contribution < 1.29 is 9.53 Å². The summed E-state index contributed by atoms with van der Waals surface area (Å²) in [6, 6.07) is 3.69. The highest BCUT2D eigenvalue weighted by molar-refractivity contribution is 7.12. The molecule has 1 aromatic heterocycles. The molecule has 0 saturated heterocycles. The Bertz CT molecular complexity index is 407. The molecule has 1 amide bonds. The smallest absolute Gasteiger partial charge is 0.261 e. The zero-order valence-electron chi connectivity index (χ0n) is 11.9. The van der Waals surface area contributed by atoms with Crippen LogP contribution in [0.25, 0.3) is 0 Å². The number of carbonyl (C=O) groups excluding carboxylic acids is 1. The summed E-state index contributed by atoms with van der Waals surface area (Å²) in [5.74, 6) is 0.731. The van der Waals surface area contributed by atoms with Gasteiger partial charge in [0.1, 0.15) is 0 Å². The van der Waals surface area contributed by atoms with Crippen LogP contribution in [-0.2, 0) is 4.74 Å². The molecule has 0 unspecified atom stereocenters. The van der Waals surface area contributed by atoms with E-state index < -0.39 is 0 Å². The highest BCUT2D eigenvalue weighted by Gasteiger charge is 2.04. The number of methoxy groups -OCH3 is 1. The molecule has 0 aromatic carbocycles. The molecular weight excluding hydrogens is 276 g/mol. The van der Waals surface area contributed by atoms with Gasteiger partial charge in [0.05, 0.1) is 11.5 Å². The van der Waals surface area contributed by atoms with Gasteiger partial charge < -0.3 is 20.7 Å². The first-order valence-corrected chi connectivity index (χ1v) is 7.41.